The molecule has 0 amide bonds. The summed E-state index contributed by atoms with van der Waals surface area (Å²) < 4.78 is 6.16. The predicted molar refractivity (Wildman–Crippen MR) is 86.4 cm³/mol. The fraction of sp³-hybridized carbons (Fsp3) is 0.938. The van der Waals surface area contributed by atoms with Crippen LogP contribution < -0.4 is 0 Å². The van der Waals surface area contributed by atoms with Gasteiger partial charge < -0.3 is 0 Å². The van der Waals surface area contributed by atoms with Gasteiger partial charge in [0.25, 0.3) is 0 Å². The Morgan fingerprint density at radius 2 is 1.80 bits per heavy atom. The molecule has 3 aliphatic rings. The maximum atomic E-state index is 12.7. The van der Waals surface area contributed by atoms with Crippen molar-refractivity contribution >= 4 is 32.1 Å². The van der Waals surface area contributed by atoms with Crippen LogP contribution in [0.1, 0.15) is 47.5 Å². The summed E-state index contributed by atoms with van der Waals surface area (Å²) in [5.74, 6) is 1.27. The molecule has 0 saturated heterocycles. The first-order valence-corrected chi connectivity index (χ1v) is 18.7. The van der Waals surface area contributed by atoms with Gasteiger partial charge in [0.1, 0.15) is 0 Å². The number of ether oxygens (including phenoxy) is 1. The molecular weight excluding hydrogens is 378 g/mol. The van der Waals surface area contributed by atoms with E-state index in [1.165, 1.54) is 6.42 Å². The van der Waals surface area contributed by atoms with Crippen LogP contribution in [0.15, 0.2) is 0 Å². The Kier molecular flexibility index (Phi) is 4.26. The van der Waals surface area contributed by atoms with E-state index in [4.69, 9.17) is 13.7 Å². The second kappa shape index (κ2) is 5.04. The van der Waals surface area contributed by atoms with E-state index in [2.05, 4.69) is 23.7 Å². The van der Waals surface area contributed by atoms with Gasteiger partial charge in [-0.05, 0) is 0 Å². The Bertz CT molecular complexity index is 406. The predicted octanol–water partition coefficient (Wildman–Crippen LogP) is 4.82. The zero-order valence-electron chi connectivity index (χ0n) is 13.9. The minimum absolute atomic E-state index is 0.00384. The van der Waals surface area contributed by atoms with Gasteiger partial charge in [-0.25, -0.2) is 0 Å². The molecule has 3 aliphatic carbocycles. The topological polar surface area (TPSA) is 26.3 Å². The number of carbonyl (C=O) groups is 1. The van der Waals surface area contributed by atoms with Gasteiger partial charge in [0.05, 0.1) is 0 Å². The number of rotatable bonds is 2. The third-order valence-electron chi connectivity index (χ3n) is 5.51. The van der Waals surface area contributed by atoms with Crippen molar-refractivity contribution in [2.24, 2.45) is 23.2 Å². The number of halogens is 1. The van der Waals surface area contributed by atoms with Crippen LogP contribution in [0.25, 0.3) is 0 Å². The average Bonchev–Trinajstić information content (AvgIpc) is 2.24. The van der Waals surface area contributed by atoms with Crippen LogP contribution in [0.3, 0.4) is 0 Å². The van der Waals surface area contributed by atoms with Gasteiger partial charge in [0.15, 0.2) is 0 Å². The van der Waals surface area contributed by atoms with Crippen molar-refractivity contribution in [3.05, 3.63) is 0 Å². The second-order valence-electron chi connectivity index (χ2n) is 8.83. The second-order valence-corrected chi connectivity index (χ2v) is 26.4. The van der Waals surface area contributed by atoms with Crippen LogP contribution in [0, 0.1) is 23.2 Å². The van der Waals surface area contributed by atoms with Gasteiger partial charge in [0, 0.05) is 0 Å². The van der Waals surface area contributed by atoms with Crippen LogP contribution in [-0.2, 0) is 9.53 Å². The maximum absolute atomic E-state index is 12.7. The number of esters is 1. The van der Waals surface area contributed by atoms with E-state index in [-0.39, 0.29) is 17.3 Å². The van der Waals surface area contributed by atoms with Gasteiger partial charge in [-0.1, -0.05) is 0 Å². The van der Waals surface area contributed by atoms with E-state index in [1.54, 1.807) is 0 Å². The Balaban J connectivity index is 2.26. The van der Waals surface area contributed by atoms with Gasteiger partial charge >= 0.3 is 132 Å². The van der Waals surface area contributed by atoms with E-state index in [0.717, 1.165) is 12.3 Å². The standard InChI is InChI=1S/C14H23O2.2CH3.ClH.Sn/c1-13(2,3)16-12(15)10-7-6-9-8-11(10)14(9,4)5;;;;/h7,9-11H,6,8H2,1-5H3;2*1H3;1H;/q;;;;+1/p-1/t9-,10-,11-;;;;/m0..../s1. The van der Waals surface area contributed by atoms with Gasteiger partial charge in [-0.2, -0.15) is 0 Å². The van der Waals surface area contributed by atoms with Crippen LogP contribution in [0.5, 0.6) is 0 Å². The molecule has 2 nitrogen and oxygen atoms in total. The summed E-state index contributed by atoms with van der Waals surface area (Å²) in [5, 5.41) is 0. The summed E-state index contributed by atoms with van der Waals surface area (Å²) in [5.41, 5.74) is -0.121. The van der Waals surface area contributed by atoms with Crippen molar-refractivity contribution in [3.63, 3.8) is 0 Å². The van der Waals surface area contributed by atoms with Crippen molar-refractivity contribution in [2.75, 3.05) is 0 Å². The van der Waals surface area contributed by atoms with E-state index < -0.39 is 22.9 Å². The molecule has 0 unspecified atom stereocenters. The molecule has 116 valence electrons. The van der Waals surface area contributed by atoms with Gasteiger partial charge in [-0.15, -0.1) is 0 Å². The zero-order valence-corrected chi connectivity index (χ0v) is 17.5. The third kappa shape index (κ3) is 3.02. The molecular formula is C16H29ClO2Sn. The molecule has 3 rings (SSSR count). The number of hydrogen-bond donors (Lipinski definition) is 0. The van der Waals surface area contributed by atoms with E-state index in [1.807, 2.05) is 20.8 Å². The van der Waals surface area contributed by atoms with Crippen molar-refractivity contribution < 1.29 is 9.53 Å². The molecule has 3 saturated carbocycles. The fourth-order valence-corrected chi connectivity index (χ4v) is 11.6. The SMILES string of the molecule is CC(C)(C)OC(=O)[C@@H]1[C@@H]2C[C@H](C[C@@H]1[Sn]([CH3])([CH3])[Cl])C2(C)C. The quantitative estimate of drug-likeness (QED) is 0.484. The Labute approximate surface area is 131 Å². The molecule has 0 aromatic carbocycles. The van der Waals surface area contributed by atoms with Crippen molar-refractivity contribution in [2.45, 2.75) is 66.9 Å². The molecule has 3 fully saturated rings. The summed E-state index contributed by atoms with van der Waals surface area (Å²) in [6.45, 7) is 10.5. The van der Waals surface area contributed by atoms with E-state index in [0.29, 0.717) is 9.85 Å². The van der Waals surface area contributed by atoms with Crippen molar-refractivity contribution in [1.82, 2.24) is 0 Å². The Hall–Kier alpha value is 0.559. The fourth-order valence-electron chi connectivity index (χ4n) is 4.20. The molecule has 20 heavy (non-hydrogen) atoms. The minimum atomic E-state index is -2.63. The van der Waals surface area contributed by atoms with Gasteiger partial charge in [-0.3, -0.25) is 0 Å². The average molecular weight is 408 g/mol. The normalized spacial score (nSPS) is 36.2. The monoisotopic (exact) mass is 408 g/mol. The molecule has 2 bridgehead atoms. The summed E-state index contributed by atoms with van der Waals surface area (Å²) in [6, 6.07) is 0. The summed E-state index contributed by atoms with van der Waals surface area (Å²) in [7, 11) is 6.80. The first kappa shape index (κ1) is 16.9. The summed E-state index contributed by atoms with van der Waals surface area (Å²) >= 11 is -2.63. The zero-order chi connectivity index (χ0) is 15.5. The van der Waals surface area contributed by atoms with Crippen LogP contribution in [0.2, 0.25) is 13.8 Å². The number of carbonyl (C=O) groups excluding carboxylic acids is 1. The first-order chi connectivity index (χ1) is 8.84. The third-order valence-corrected chi connectivity index (χ3v) is 14.1. The Morgan fingerprint density at radius 3 is 2.20 bits per heavy atom. The Morgan fingerprint density at radius 1 is 1.25 bits per heavy atom. The molecule has 4 atom stereocenters. The molecule has 4 heteroatoms. The molecule has 0 spiro atoms. The molecule has 0 N–H and O–H groups in total. The number of hydrogen-bond acceptors (Lipinski definition) is 2. The number of fused-ring (bicyclic) bond motifs is 2. The molecule has 0 aliphatic heterocycles. The van der Waals surface area contributed by atoms with E-state index >= 15 is 0 Å². The van der Waals surface area contributed by atoms with Crippen molar-refractivity contribution in [3.8, 4) is 0 Å². The first-order valence-electron chi connectivity index (χ1n) is 7.76. The summed E-state index contributed by atoms with van der Waals surface area (Å²) in [4.78, 5) is 17.2. The van der Waals surface area contributed by atoms with Crippen LogP contribution in [-0.4, -0.2) is 28.8 Å². The molecule has 0 aromatic heterocycles. The molecule has 0 aromatic rings. The molecule has 0 radical (unpaired) electrons. The summed E-state index contributed by atoms with van der Waals surface area (Å²) in [6.07, 6.45) is 2.33. The van der Waals surface area contributed by atoms with Crippen LogP contribution in [0.4, 0.5) is 0 Å². The van der Waals surface area contributed by atoms with Gasteiger partial charge in [0.2, 0.25) is 0 Å². The molecule has 0 heterocycles. The van der Waals surface area contributed by atoms with Crippen LogP contribution >= 0.6 is 8.92 Å². The van der Waals surface area contributed by atoms with E-state index in [9.17, 15) is 4.79 Å². The van der Waals surface area contributed by atoms with Crippen molar-refractivity contribution in [1.29, 1.82) is 0 Å².